The molecule has 0 N–H and O–H groups in total. The Bertz CT molecular complexity index is 535. The van der Waals surface area contributed by atoms with Gasteiger partial charge >= 0.3 is 5.97 Å². The summed E-state index contributed by atoms with van der Waals surface area (Å²) in [6.07, 6.45) is 0.0619. The summed E-state index contributed by atoms with van der Waals surface area (Å²) in [4.78, 5) is 11.1. The predicted molar refractivity (Wildman–Crippen MR) is 71.9 cm³/mol. The molecule has 4 heteroatoms. The normalized spacial score (nSPS) is 8.94. The summed E-state index contributed by atoms with van der Waals surface area (Å²) in [6.45, 7) is 2.11. The van der Waals surface area contributed by atoms with Crippen molar-refractivity contribution in [2.45, 2.75) is 18.7 Å². The molecule has 1 aromatic rings. The Labute approximate surface area is 115 Å². The van der Waals surface area contributed by atoms with Gasteiger partial charge in [-0.2, -0.15) is 5.26 Å². The van der Waals surface area contributed by atoms with E-state index in [2.05, 4.69) is 33.8 Å². The highest BCUT2D eigenvalue weighted by Crippen LogP contribution is 2.14. The number of ether oxygens (including phenoxy) is 1. The van der Waals surface area contributed by atoms with Gasteiger partial charge in [0.05, 0.1) is 18.2 Å². The zero-order valence-electron chi connectivity index (χ0n) is 10.00. The van der Waals surface area contributed by atoms with Gasteiger partial charge in [-0.1, -0.05) is 33.8 Å². The molecule has 0 atom stereocenters. The highest BCUT2D eigenvalue weighted by molar-refractivity contribution is 9.08. The quantitative estimate of drug-likeness (QED) is 0.490. The summed E-state index contributed by atoms with van der Waals surface area (Å²) < 4.78 is 4.78. The molecule has 0 aliphatic carbocycles. The van der Waals surface area contributed by atoms with Crippen LogP contribution in [0.15, 0.2) is 18.2 Å². The fraction of sp³-hybridized carbons (Fsp3) is 0.286. The van der Waals surface area contributed by atoms with Gasteiger partial charge < -0.3 is 4.74 Å². The Hall–Kier alpha value is -1.78. The second-order valence-corrected chi connectivity index (χ2v) is 3.96. The van der Waals surface area contributed by atoms with Crippen LogP contribution >= 0.6 is 15.9 Å². The van der Waals surface area contributed by atoms with Crippen molar-refractivity contribution in [1.29, 1.82) is 5.26 Å². The van der Waals surface area contributed by atoms with Gasteiger partial charge in [0.1, 0.15) is 6.42 Å². The Kier molecular flexibility index (Phi) is 5.97. The maximum atomic E-state index is 11.1. The number of nitrogens with zero attached hydrogens (tertiary/aromatic N) is 1. The monoisotopic (exact) mass is 305 g/mol. The number of hydrogen-bond acceptors (Lipinski definition) is 3. The summed E-state index contributed by atoms with van der Waals surface area (Å²) in [7, 11) is 0. The van der Waals surface area contributed by atoms with Crippen LogP contribution in [0, 0.1) is 23.2 Å². The van der Waals surface area contributed by atoms with E-state index in [1.54, 1.807) is 19.1 Å². The lowest BCUT2D eigenvalue weighted by Crippen LogP contribution is -2.01. The van der Waals surface area contributed by atoms with Crippen LogP contribution in [0.5, 0.6) is 0 Å². The number of esters is 1. The molecular weight excluding hydrogens is 294 g/mol. The number of benzene rings is 1. The summed E-state index contributed by atoms with van der Waals surface area (Å²) in [5, 5.41) is 9.48. The van der Waals surface area contributed by atoms with Gasteiger partial charge in [0.2, 0.25) is 0 Å². The van der Waals surface area contributed by atoms with Crippen molar-refractivity contribution in [3.8, 4) is 17.9 Å². The predicted octanol–water partition coefficient (Wildman–Crippen LogP) is 2.76. The molecule has 1 aromatic carbocycles. The van der Waals surface area contributed by atoms with Gasteiger partial charge in [-0.15, -0.1) is 0 Å². The second-order valence-electron chi connectivity index (χ2n) is 3.40. The van der Waals surface area contributed by atoms with Gasteiger partial charge in [0.15, 0.2) is 0 Å². The average Bonchev–Trinajstić information content (AvgIpc) is 2.39. The van der Waals surface area contributed by atoms with Crippen molar-refractivity contribution >= 4 is 21.9 Å². The van der Waals surface area contributed by atoms with E-state index in [9.17, 15) is 4.79 Å². The minimum atomic E-state index is -0.332. The fourth-order valence-electron chi connectivity index (χ4n) is 1.30. The van der Waals surface area contributed by atoms with Gasteiger partial charge in [0.25, 0.3) is 0 Å². The molecule has 3 nitrogen and oxygen atoms in total. The molecule has 0 aliphatic rings. The van der Waals surface area contributed by atoms with E-state index >= 15 is 0 Å². The van der Waals surface area contributed by atoms with Crippen LogP contribution in [0.25, 0.3) is 0 Å². The largest absolute Gasteiger partial charge is 0.465 e. The van der Waals surface area contributed by atoms with Crippen LogP contribution in [-0.2, 0) is 14.9 Å². The zero-order valence-corrected chi connectivity index (χ0v) is 11.6. The smallest absolute Gasteiger partial charge is 0.317 e. The molecule has 18 heavy (non-hydrogen) atoms. The first-order chi connectivity index (χ1) is 8.71. The third-order valence-electron chi connectivity index (χ3n) is 2.14. The van der Waals surface area contributed by atoms with Crippen LogP contribution in [0.1, 0.15) is 30.0 Å². The number of nitriles is 1. The zero-order chi connectivity index (χ0) is 13.4. The number of carbonyl (C=O) groups excluding carboxylic acids is 1. The van der Waals surface area contributed by atoms with E-state index in [1.165, 1.54) is 0 Å². The van der Waals surface area contributed by atoms with Gasteiger partial charge in [-0.3, -0.25) is 4.79 Å². The van der Waals surface area contributed by atoms with Crippen molar-refractivity contribution in [3.63, 3.8) is 0 Å². The highest BCUT2D eigenvalue weighted by Gasteiger charge is 2.01. The van der Waals surface area contributed by atoms with Crippen molar-refractivity contribution in [3.05, 3.63) is 34.9 Å². The first kappa shape index (κ1) is 14.3. The third-order valence-corrected chi connectivity index (χ3v) is 2.75. The van der Waals surface area contributed by atoms with Crippen LogP contribution < -0.4 is 0 Å². The topological polar surface area (TPSA) is 50.1 Å². The molecule has 0 saturated heterocycles. The summed E-state index contributed by atoms with van der Waals surface area (Å²) in [6, 6.07) is 7.37. The molecule has 0 saturated carbocycles. The average molecular weight is 306 g/mol. The Balaban J connectivity index is 2.86. The van der Waals surface area contributed by atoms with Gasteiger partial charge in [0, 0.05) is 10.9 Å². The Morgan fingerprint density at radius 1 is 1.50 bits per heavy atom. The molecule has 0 bridgehead atoms. The van der Waals surface area contributed by atoms with E-state index in [-0.39, 0.29) is 12.4 Å². The lowest BCUT2D eigenvalue weighted by Gasteiger charge is -2.00. The summed E-state index contributed by atoms with van der Waals surface area (Å²) >= 11 is 3.36. The number of alkyl halides is 1. The Morgan fingerprint density at radius 2 is 2.28 bits per heavy atom. The molecule has 1 rings (SSSR count). The maximum Gasteiger partial charge on any atom is 0.317 e. The molecule has 92 valence electrons. The molecule has 0 amide bonds. The van der Waals surface area contributed by atoms with Gasteiger partial charge in [-0.05, 0) is 24.6 Å². The molecule has 0 aromatic heterocycles. The number of hydrogen-bond donors (Lipinski definition) is 0. The van der Waals surface area contributed by atoms with Crippen LogP contribution in [-0.4, -0.2) is 12.6 Å². The van der Waals surface area contributed by atoms with E-state index in [0.717, 1.165) is 11.1 Å². The van der Waals surface area contributed by atoms with Crippen molar-refractivity contribution in [2.24, 2.45) is 0 Å². The van der Waals surface area contributed by atoms with Crippen LogP contribution in [0.4, 0.5) is 0 Å². The van der Waals surface area contributed by atoms with Crippen molar-refractivity contribution < 1.29 is 9.53 Å². The van der Waals surface area contributed by atoms with Crippen molar-refractivity contribution in [2.75, 3.05) is 6.61 Å². The van der Waals surface area contributed by atoms with Gasteiger partial charge in [-0.25, -0.2) is 0 Å². The second kappa shape index (κ2) is 7.53. The maximum absolute atomic E-state index is 11.1. The number of carbonyl (C=O) groups is 1. The van der Waals surface area contributed by atoms with Crippen LogP contribution in [0.2, 0.25) is 0 Å². The van der Waals surface area contributed by atoms with Crippen molar-refractivity contribution in [1.82, 2.24) is 0 Å². The first-order valence-electron chi connectivity index (χ1n) is 5.44. The SMILES string of the molecule is CCOC(=O)CC#Cc1cc(C#N)ccc1CBr. The molecular formula is C14H12BrNO2. The fourth-order valence-corrected chi connectivity index (χ4v) is 1.79. The third kappa shape index (κ3) is 4.24. The molecule has 0 aliphatic heterocycles. The lowest BCUT2D eigenvalue weighted by molar-refractivity contribution is -0.141. The number of halogens is 1. The Morgan fingerprint density at radius 3 is 2.89 bits per heavy atom. The summed E-state index contributed by atoms with van der Waals surface area (Å²) in [5.41, 5.74) is 2.31. The van der Waals surface area contributed by atoms with Crippen LogP contribution in [0.3, 0.4) is 0 Å². The molecule has 0 heterocycles. The standard InChI is InChI=1S/C14H12BrNO2/c1-2-18-14(17)5-3-4-12-8-11(10-16)6-7-13(12)9-15/h6-8H,2,5,9H2,1H3. The minimum Gasteiger partial charge on any atom is -0.465 e. The first-order valence-corrected chi connectivity index (χ1v) is 6.57. The minimum absolute atomic E-state index is 0.0619. The summed E-state index contributed by atoms with van der Waals surface area (Å²) in [5.74, 6) is 5.32. The lowest BCUT2D eigenvalue weighted by atomic mass is 10.1. The van der Waals surface area contributed by atoms with E-state index in [1.807, 2.05) is 6.07 Å². The number of rotatable bonds is 3. The van der Waals surface area contributed by atoms with E-state index < -0.39 is 0 Å². The molecule has 0 radical (unpaired) electrons. The molecule has 0 unspecified atom stereocenters. The molecule has 0 fully saturated rings. The van der Waals surface area contributed by atoms with E-state index in [4.69, 9.17) is 10.00 Å². The highest BCUT2D eigenvalue weighted by atomic mass is 79.9. The molecule has 0 spiro atoms. The van der Waals surface area contributed by atoms with E-state index in [0.29, 0.717) is 17.5 Å².